The molecule has 0 spiro atoms. The third-order valence-corrected chi connectivity index (χ3v) is 8.12. The number of carbonyl (C=O) groups excluding carboxylic acids is 1. The van der Waals surface area contributed by atoms with Crippen molar-refractivity contribution in [3.63, 3.8) is 0 Å². The molecule has 0 saturated carbocycles. The monoisotopic (exact) mass is 568 g/mol. The van der Waals surface area contributed by atoms with E-state index < -0.39 is 22.0 Å². The molecule has 190 valence electrons. The highest BCUT2D eigenvalue weighted by Gasteiger charge is 2.36. The van der Waals surface area contributed by atoms with Crippen molar-refractivity contribution >= 4 is 62.1 Å². The van der Waals surface area contributed by atoms with Gasteiger partial charge in [-0.05, 0) is 56.9 Å². The summed E-state index contributed by atoms with van der Waals surface area (Å²) >= 11 is 18.4. The summed E-state index contributed by atoms with van der Waals surface area (Å²) in [5.74, 6) is -0.415. The van der Waals surface area contributed by atoms with E-state index in [2.05, 4.69) is 10.3 Å². The average Bonchev–Trinajstić information content (AvgIpc) is 2.82. The minimum atomic E-state index is -4.02. The number of hydrogen-bond donors (Lipinski definition) is 1. The number of nitrogens with one attached hydrogen (secondary N) is 1. The summed E-state index contributed by atoms with van der Waals surface area (Å²) in [7, 11) is -0.167. The molecule has 2 heterocycles. The number of fused-ring (bicyclic) bond motifs is 1. The van der Waals surface area contributed by atoms with Gasteiger partial charge >= 0.3 is 0 Å². The predicted octanol–water partition coefficient (Wildman–Crippen LogP) is 5.20. The first-order chi connectivity index (χ1) is 17.1. The summed E-state index contributed by atoms with van der Waals surface area (Å²) in [4.78, 5) is 19.2. The van der Waals surface area contributed by atoms with Crippen LogP contribution in [0.1, 0.15) is 16.8 Å². The maximum absolute atomic E-state index is 13.7. The lowest BCUT2D eigenvalue weighted by molar-refractivity contribution is 0.102. The fraction of sp³-hybridized carbons (Fsp3) is 0.250. The van der Waals surface area contributed by atoms with Gasteiger partial charge in [0.05, 0.1) is 38.9 Å². The van der Waals surface area contributed by atoms with Crippen LogP contribution in [0, 0.1) is 0 Å². The summed E-state index contributed by atoms with van der Waals surface area (Å²) in [5.41, 5.74) is 0.539. The van der Waals surface area contributed by atoms with Gasteiger partial charge in [-0.15, -0.1) is 0 Å². The van der Waals surface area contributed by atoms with Gasteiger partial charge in [0.15, 0.2) is 0 Å². The largest absolute Gasteiger partial charge is 0.471 e. The summed E-state index contributed by atoms with van der Waals surface area (Å²) in [6.45, 7) is 0.753. The van der Waals surface area contributed by atoms with E-state index in [1.807, 2.05) is 19.0 Å². The number of sulfonamides is 1. The van der Waals surface area contributed by atoms with Crippen molar-refractivity contribution in [2.24, 2.45) is 0 Å². The van der Waals surface area contributed by atoms with E-state index in [4.69, 9.17) is 39.5 Å². The second kappa shape index (κ2) is 10.8. The summed E-state index contributed by atoms with van der Waals surface area (Å²) in [6, 6.07) is 12.3. The van der Waals surface area contributed by atoms with Crippen molar-refractivity contribution in [2.45, 2.75) is 17.4 Å². The Morgan fingerprint density at radius 1 is 1.14 bits per heavy atom. The lowest BCUT2D eigenvalue weighted by Crippen LogP contribution is -2.44. The maximum Gasteiger partial charge on any atom is 0.264 e. The van der Waals surface area contributed by atoms with E-state index >= 15 is 0 Å². The molecule has 0 fully saturated rings. The van der Waals surface area contributed by atoms with Crippen LogP contribution in [-0.2, 0) is 10.0 Å². The van der Waals surface area contributed by atoms with Crippen molar-refractivity contribution in [1.82, 2.24) is 9.88 Å². The summed E-state index contributed by atoms with van der Waals surface area (Å²) < 4.78 is 34.6. The highest BCUT2D eigenvalue weighted by molar-refractivity contribution is 7.92. The van der Waals surface area contributed by atoms with Crippen LogP contribution >= 0.6 is 34.8 Å². The standard InChI is InChI=1S/C24H23Cl3N4O4S/c1-30(2)10-9-17-14-31(36(33,34)18-6-3-5-15(25)11-18)21-12-16(13-28-24(21)35-17)29-23(32)22-19(26)7-4-8-20(22)27/h3-8,11-13,17H,9-10,14H2,1-2H3,(H,29,32). The molecule has 1 atom stereocenters. The van der Waals surface area contributed by atoms with Crippen LogP contribution in [0.25, 0.3) is 0 Å². The zero-order chi connectivity index (χ0) is 26.0. The number of benzene rings is 2. The van der Waals surface area contributed by atoms with E-state index in [1.54, 1.807) is 30.3 Å². The first-order valence-electron chi connectivity index (χ1n) is 10.9. The zero-order valence-corrected chi connectivity index (χ0v) is 22.5. The molecule has 0 bridgehead atoms. The fourth-order valence-corrected chi connectivity index (χ4v) is 6.06. The number of ether oxygens (including phenoxy) is 1. The van der Waals surface area contributed by atoms with E-state index in [-0.39, 0.29) is 44.3 Å². The van der Waals surface area contributed by atoms with Gasteiger partial charge < -0.3 is 15.0 Å². The number of nitrogens with zero attached hydrogens (tertiary/aromatic N) is 3. The summed E-state index contributed by atoms with van der Waals surface area (Å²) in [6.07, 6.45) is 1.54. The molecule has 1 aromatic heterocycles. The molecular formula is C24H23Cl3N4O4S. The molecular weight excluding hydrogens is 547 g/mol. The molecule has 1 aliphatic rings. The Morgan fingerprint density at radius 2 is 1.83 bits per heavy atom. The molecule has 12 heteroatoms. The first kappa shape index (κ1) is 26.5. The number of anilines is 2. The lowest BCUT2D eigenvalue weighted by atomic mass is 10.2. The highest BCUT2D eigenvalue weighted by atomic mass is 35.5. The maximum atomic E-state index is 13.7. The molecule has 0 saturated heterocycles. The third-order valence-electron chi connectivity index (χ3n) is 5.48. The minimum Gasteiger partial charge on any atom is -0.471 e. The van der Waals surface area contributed by atoms with Gasteiger partial charge in [-0.3, -0.25) is 9.10 Å². The average molecular weight is 570 g/mol. The Balaban J connectivity index is 1.71. The molecule has 1 amide bonds. The molecule has 0 aliphatic carbocycles. The van der Waals surface area contributed by atoms with Crippen molar-refractivity contribution in [2.75, 3.05) is 36.8 Å². The Hall–Kier alpha value is -2.56. The van der Waals surface area contributed by atoms with E-state index in [0.717, 1.165) is 0 Å². The molecule has 1 N–H and O–H groups in total. The number of rotatable bonds is 7. The predicted molar refractivity (Wildman–Crippen MR) is 142 cm³/mol. The highest BCUT2D eigenvalue weighted by Crippen LogP contribution is 2.38. The Labute approximate surface area is 224 Å². The van der Waals surface area contributed by atoms with Gasteiger partial charge in [-0.25, -0.2) is 13.4 Å². The normalized spacial score (nSPS) is 15.4. The van der Waals surface area contributed by atoms with Crippen LogP contribution in [0.5, 0.6) is 5.88 Å². The zero-order valence-electron chi connectivity index (χ0n) is 19.4. The van der Waals surface area contributed by atoms with Crippen LogP contribution in [-0.4, -0.2) is 57.5 Å². The van der Waals surface area contributed by atoms with Crippen LogP contribution in [0.2, 0.25) is 15.1 Å². The van der Waals surface area contributed by atoms with E-state index in [1.165, 1.54) is 28.7 Å². The Bertz CT molecular complexity index is 1380. The van der Waals surface area contributed by atoms with Gasteiger partial charge in [0, 0.05) is 11.6 Å². The van der Waals surface area contributed by atoms with E-state index in [0.29, 0.717) is 18.0 Å². The second-order valence-electron chi connectivity index (χ2n) is 8.42. The smallest absolute Gasteiger partial charge is 0.264 e. The van der Waals surface area contributed by atoms with Gasteiger partial charge in [-0.1, -0.05) is 46.9 Å². The van der Waals surface area contributed by atoms with Crippen molar-refractivity contribution in [3.8, 4) is 5.88 Å². The van der Waals surface area contributed by atoms with Crippen LogP contribution < -0.4 is 14.4 Å². The summed E-state index contributed by atoms with van der Waals surface area (Å²) in [5, 5.41) is 3.35. The second-order valence-corrected chi connectivity index (χ2v) is 11.5. The number of amides is 1. The molecule has 1 aliphatic heterocycles. The Kier molecular flexibility index (Phi) is 7.96. The molecule has 1 unspecified atom stereocenters. The lowest BCUT2D eigenvalue weighted by Gasteiger charge is -2.35. The SMILES string of the molecule is CN(C)CCC1CN(S(=O)(=O)c2cccc(Cl)c2)c2cc(NC(=O)c3c(Cl)cccc3Cl)cnc2O1. The van der Waals surface area contributed by atoms with Crippen LogP contribution in [0.3, 0.4) is 0 Å². The first-order valence-corrected chi connectivity index (χ1v) is 13.5. The van der Waals surface area contributed by atoms with Crippen LogP contribution in [0.15, 0.2) is 59.6 Å². The number of hydrogen-bond acceptors (Lipinski definition) is 6. The quantitative estimate of drug-likeness (QED) is 0.420. The minimum absolute atomic E-state index is 0.0338. The third kappa shape index (κ3) is 5.71. The molecule has 36 heavy (non-hydrogen) atoms. The molecule has 4 rings (SSSR count). The molecule has 3 aromatic rings. The number of carbonyl (C=O) groups is 1. The Morgan fingerprint density at radius 3 is 2.50 bits per heavy atom. The fourth-order valence-electron chi connectivity index (χ4n) is 3.70. The topological polar surface area (TPSA) is 91.8 Å². The van der Waals surface area contributed by atoms with Crippen molar-refractivity contribution < 1.29 is 17.9 Å². The molecule has 0 radical (unpaired) electrons. The molecule has 8 nitrogen and oxygen atoms in total. The van der Waals surface area contributed by atoms with Gasteiger partial charge in [0.2, 0.25) is 5.88 Å². The van der Waals surface area contributed by atoms with Gasteiger partial charge in [0.1, 0.15) is 11.8 Å². The number of aromatic nitrogens is 1. The van der Waals surface area contributed by atoms with E-state index in [9.17, 15) is 13.2 Å². The number of pyridine rings is 1. The van der Waals surface area contributed by atoms with Crippen molar-refractivity contribution in [1.29, 1.82) is 0 Å². The van der Waals surface area contributed by atoms with Crippen molar-refractivity contribution in [3.05, 3.63) is 75.4 Å². The van der Waals surface area contributed by atoms with Crippen LogP contribution in [0.4, 0.5) is 11.4 Å². The van der Waals surface area contributed by atoms with Gasteiger partial charge in [-0.2, -0.15) is 0 Å². The van der Waals surface area contributed by atoms with Gasteiger partial charge in [0.25, 0.3) is 15.9 Å². The number of halogens is 3. The molecule has 2 aromatic carbocycles.